The maximum absolute atomic E-state index is 9.78. The maximum Gasteiger partial charge on any atom is 0.119 e. The minimum Gasteiger partial charge on any atom is -0.491 e. The van der Waals surface area contributed by atoms with Crippen molar-refractivity contribution in [3.63, 3.8) is 0 Å². The van der Waals surface area contributed by atoms with Crippen LogP contribution in [0.3, 0.4) is 0 Å². The second-order valence-electron chi connectivity index (χ2n) is 5.07. The van der Waals surface area contributed by atoms with E-state index in [1.54, 1.807) is 19.1 Å². The van der Waals surface area contributed by atoms with Crippen LogP contribution in [-0.4, -0.2) is 42.1 Å². The largest absolute Gasteiger partial charge is 0.491 e. The molecule has 0 bridgehead atoms. The molecule has 0 saturated heterocycles. The number of aryl methyl sites for hydroxylation is 1. The Morgan fingerprint density at radius 3 is 2.75 bits per heavy atom. The van der Waals surface area contributed by atoms with E-state index in [-0.39, 0.29) is 12.7 Å². The third-order valence-corrected chi connectivity index (χ3v) is 3.35. The quantitative estimate of drug-likeness (QED) is 0.612. The number of ether oxygens (including phenoxy) is 1. The predicted octanol–water partition coefficient (Wildman–Crippen LogP) is 2.14. The van der Waals surface area contributed by atoms with Crippen LogP contribution in [0, 0.1) is 6.92 Å². The molecular weight excluding hydrogens is 278 g/mol. The van der Waals surface area contributed by atoms with Crippen molar-refractivity contribution < 1.29 is 14.9 Å². The van der Waals surface area contributed by atoms with E-state index in [9.17, 15) is 5.11 Å². The van der Waals surface area contributed by atoms with E-state index >= 15 is 0 Å². The van der Waals surface area contributed by atoms with Gasteiger partial charge in [-0.3, -0.25) is 0 Å². The summed E-state index contributed by atoms with van der Waals surface area (Å²) in [6.07, 6.45) is 0.835. The first-order chi connectivity index (χ1) is 9.49. The Balaban J connectivity index is 2.16. The number of rotatable bonds is 9. The van der Waals surface area contributed by atoms with Gasteiger partial charge in [-0.05, 0) is 57.0 Å². The van der Waals surface area contributed by atoms with Crippen molar-refractivity contribution in [1.29, 1.82) is 0 Å². The summed E-state index contributed by atoms with van der Waals surface area (Å²) in [6, 6.07) is 5.43. The lowest BCUT2D eigenvalue weighted by molar-refractivity contribution is 0.106. The zero-order valence-electron chi connectivity index (χ0n) is 12.1. The SMILES string of the molecule is Cc1cc(OCC(O)CNCCCC(C)O)ccc1Cl. The summed E-state index contributed by atoms with van der Waals surface area (Å²) in [5, 5.41) is 22.7. The van der Waals surface area contributed by atoms with E-state index in [1.807, 2.05) is 13.0 Å². The molecule has 0 amide bonds. The van der Waals surface area contributed by atoms with Crippen molar-refractivity contribution in [3.8, 4) is 5.75 Å². The van der Waals surface area contributed by atoms with Crippen LogP contribution >= 0.6 is 11.6 Å². The van der Waals surface area contributed by atoms with Gasteiger partial charge in [0.2, 0.25) is 0 Å². The molecule has 0 aliphatic heterocycles. The van der Waals surface area contributed by atoms with E-state index in [1.165, 1.54) is 0 Å². The van der Waals surface area contributed by atoms with Crippen LogP contribution in [-0.2, 0) is 0 Å². The molecule has 2 atom stereocenters. The normalized spacial score (nSPS) is 14.1. The first-order valence-corrected chi connectivity index (χ1v) is 7.32. The van der Waals surface area contributed by atoms with Crippen molar-refractivity contribution in [2.75, 3.05) is 19.7 Å². The fourth-order valence-electron chi connectivity index (χ4n) is 1.75. The Bertz CT molecular complexity index is 399. The van der Waals surface area contributed by atoms with Crippen LogP contribution in [0.1, 0.15) is 25.3 Å². The van der Waals surface area contributed by atoms with Crippen molar-refractivity contribution in [3.05, 3.63) is 28.8 Å². The van der Waals surface area contributed by atoms with Gasteiger partial charge in [0.15, 0.2) is 0 Å². The van der Waals surface area contributed by atoms with Crippen molar-refractivity contribution in [2.45, 2.75) is 38.9 Å². The molecule has 0 heterocycles. The van der Waals surface area contributed by atoms with Crippen LogP contribution in [0.5, 0.6) is 5.75 Å². The second-order valence-corrected chi connectivity index (χ2v) is 5.48. The van der Waals surface area contributed by atoms with Gasteiger partial charge in [-0.1, -0.05) is 11.6 Å². The summed E-state index contributed by atoms with van der Waals surface area (Å²) < 4.78 is 5.51. The fraction of sp³-hybridized carbons (Fsp3) is 0.600. The first kappa shape index (κ1) is 17.2. The smallest absolute Gasteiger partial charge is 0.119 e. The second kappa shape index (κ2) is 9.19. The highest BCUT2D eigenvalue weighted by Crippen LogP contribution is 2.20. The van der Waals surface area contributed by atoms with Gasteiger partial charge >= 0.3 is 0 Å². The Morgan fingerprint density at radius 1 is 1.35 bits per heavy atom. The number of aliphatic hydroxyl groups is 2. The lowest BCUT2D eigenvalue weighted by Crippen LogP contribution is -2.32. The number of aliphatic hydroxyl groups excluding tert-OH is 2. The molecule has 1 aromatic carbocycles. The molecule has 4 nitrogen and oxygen atoms in total. The van der Waals surface area contributed by atoms with Crippen molar-refractivity contribution >= 4 is 11.6 Å². The highest BCUT2D eigenvalue weighted by molar-refractivity contribution is 6.31. The number of nitrogens with one attached hydrogen (secondary N) is 1. The molecule has 0 radical (unpaired) electrons. The van der Waals surface area contributed by atoms with E-state index < -0.39 is 6.10 Å². The van der Waals surface area contributed by atoms with Crippen LogP contribution in [0.4, 0.5) is 0 Å². The van der Waals surface area contributed by atoms with Gasteiger partial charge < -0.3 is 20.3 Å². The van der Waals surface area contributed by atoms with E-state index in [0.717, 1.165) is 24.9 Å². The Kier molecular flexibility index (Phi) is 7.92. The standard InChI is InChI=1S/C15H24ClNO3/c1-11-8-14(5-6-15(11)16)20-10-13(19)9-17-7-3-4-12(2)18/h5-6,8,12-13,17-19H,3-4,7,9-10H2,1-2H3. The first-order valence-electron chi connectivity index (χ1n) is 6.95. The van der Waals surface area contributed by atoms with Gasteiger partial charge in [0, 0.05) is 11.6 Å². The summed E-state index contributed by atoms with van der Waals surface area (Å²) >= 11 is 5.93. The van der Waals surface area contributed by atoms with Gasteiger partial charge in [0.1, 0.15) is 18.5 Å². The molecule has 3 N–H and O–H groups in total. The van der Waals surface area contributed by atoms with Crippen molar-refractivity contribution in [1.82, 2.24) is 5.32 Å². The highest BCUT2D eigenvalue weighted by atomic mass is 35.5. The van der Waals surface area contributed by atoms with Crippen molar-refractivity contribution in [2.24, 2.45) is 0 Å². The molecule has 2 unspecified atom stereocenters. The van der Waals surface area contributed by atoms with Crippen LogP contribution < -0.4 is 10.1 Å². The lowest BCUT2D eigenvalue weighted by Gasteiger charge is -2.14. The van der Waals surface area contributed by atoms with Crippen LogP contribution in [0.15, 0.2) is 18.2 Å². The average molecular weight is 302 g/mol. The molecule has 0 fully saturated rings. The highest BCUT2D eigenvalue weighted by Gasteiger charge is 2.06. The van der Waals surface area contributed by atoms with E-state index in [2.05, 4.69) is 5.32 Å². The maximum atomic E-state index is 9.78. The molecular formula is C15H24ClNO3. The van der Waals surface area contributed by atoms with Crippen LogP contribution in [0.25, 0.3) is 0 Å². The third-order valence-electron chi connectivity index (χ3n) is 2.93. The summed E-state index contributed by atoms with van der Waals surface area (Å²) in [5.74, 6) is 0.708. The summed E-state index contributed by atoms with van der Waals surface area (Å²) in [6.45, 7) is 5.19. The topological polar surface area (TPSA) is 61.7 Å². The van der Waals surface area contributed by atoms with Gasteiger partial charge in [-0.15, -0.1) is 0 Å². The molecule has 1 rings (SSSR count). The predicted molar refractivity (Wildman–Crippen MR) is 81.5 cm³/mol. The molecule has 0 aromatic heterocycles. The molecule has 5 heteroatoms. The Morgan fingerprint density at radius 2 is 2.10 bits per heavy atom. The molecule has 20 heavy (non-hydrogen) atoms. The van der Waals surface area contributed by atoms with Gasteiger partial charge in [0.05, 0.1) is 6.10 Å². The Hall–Kier alpha value is -0.810. The van der Waals surface area contributed by atoms with E-state index in [0.29, 0.717) is 17.3 Å². The van der Waals surface area contributed by atoms with Gasteiger partial charge in [-0.25, -0.2) is 0 Å². The monoisotopic (exact) mass is 301 g/mol. The van der Waals surface area contributed by atoms with E-state index in [4.69, 9.17) is 21.4 Å². The molecule has 0 aliphatic carbocycles. The zero-order valence-corrected chi connectivity index (χ0v) is 12.9. The van der Waals surface area contributed by atoms with Crippen LogP contribution in [0.2, 0.25) is 5.02 Å². The lowest BCUT2D eigenvalue weighted by atomic mass is 10.2. The number of halogens is 1. The summed E-state index contributed by atoms with van der Waals surface area (Å²) in [7, 11) is 0. The molecule has 114 valence electrons. The fourth-order valence-corrected chi connectivity index (χ4v) is 1.87. The summed E-state index contributed by atoms with van der Waals surface area (Å²) in [5.41, 5.74) is 0.954. The van der Waals surface area contributed by atoms with Gasteiger partial charge in [-0.2, -0.15) is 0 Å². The molecule has 1 aromatic rings. The molecule has 0 spiro atoms. The molecule has 0 aliphatic rings. The van der Waals surface area contributed by atoms with Gasteiger partial charge in [0.25, 0.3) is 0 Å². The minimum absolute atomic E-state index is 0.241. The number of hydrogen-bond donors (Lipinski definition) is 3. The average Bonchev–Trinajstić information content (AvgIpc) is 2.39. The zero-order chi connectivity index (χ0) is 15.0. The molecule has 0 saturated carbocycles. The number of hydrogen-bond acceptors (Lipinski definition) is 4. The Labute approximate surface area is 125 Å². The summed E-state index contributed by atoms with van der Waals surface area (Å²) in [4.78, 5) is 0. The third kappa shape index (κ3) is 7.10. The minimum atomic E-state index is -0.558. The number of benzene rings is 1.